The third kappa shape index (κ3) is 9.62. The van der Waals surface area contributed by atoms with Gasteiger partial charge in [0.25, 0.3) is 0 Å². The fraction of sp³-hybridized carbons (Fsp3) is 0.509. The van der Waals surface area contributed by atoms with Crippen molar-refractivity contribution in [2.45, 2.75) is 76.4 Å². The number of phenols is 1. The Bertz CT molecular complexity index is 3340. The van der Waals surface area contributed by atoms with Crippen LogP contribution >= 0.6 is 0 Å². The van der Waals surface area contributed by atoms with Crippen molar-refractivity contribution in [2.75, 3.05) is 101 Å². The molecule has 6 fully saturated rings. The van der Waals surface area contributed by atoms with E-state index in [1.807, 2.05) is 6.07 Å². The summed E-state index contributed by atoms with van der Waals surface area (Å²) in [5.74, 6) is 1.40. The molecule has 6 aromatic rings. The van der Waals surface area contributed by atoms with Crippen LogP contribution < -0.4 is 30.9 Å². The number of aromatic hydroxyl groups is 1. The Morgan fingerprint density at radius 1 is 0.855 bits per heavy atom. The first-order valence-corrected chi connectivity index (χ1v) is 27.2. The van der Waals surface area contributed by atoms with Gasteiger partial charge in [0.2, 0.25) is 11.8 Å². The van der Waals surface area contributed by atoms with E-state index in [1.165, 1.54) is 28.8 Å². The largest absolute Gasteiger partial charge is 0.508 e. The number of fused-ring (bicyclic) bond motifs is 5. The maximum Gasteiger partial charge on any atom is 0.329 e. The van der Waals surface area contributed by atoms with Gasteiger partial charge >= 0.3 is 11.7 Å². The maximum absolute atomic E-state index is 17.1. The Kier molecular flexibility index (Phi) is 13.4. The molecule has 0 radical (unpaired) electrons. The van der Waals surface area contributed by atoms with E-state index in [0.717, 1.165) is 115 Å². The van der Waals surface area contributed by atoms with Crippen LogP contribution in [0.1, 0.15) is 69.9 Å². The first-order valence-electron chi connectivity index (χ1n) is 27.2. The van der Waals surface area contributed by atoms with Gasteiger partial charge in [0.05, 0.1) is 22.0 Å². The number of halogens is 2. The van der Waals surface area contributed by atoms with E-state index in [4.69, 9.17) is 16.1 Å². The van der Waals surface area contributed by atoms with E-state index in [0.29, 0.717) is 72.8 Å². The number of piperazine rings is 2. The predicted octanol–water partition coefficient (Wildman–Crippen LogP) is 5.40. The SMILES string of the molecule is C#Cc1c(F)ccc2cc(O)cc(-c3ncc4c(N5CC6CCC(C5)N6)nc(OCCN5CCC(C)(CN6CCN(CC7CCN(c8ccc9c(c8)n(C)c(=O)n9C8CCC(=O)NC8=O)CC7)CC6)CC5)nc4c3F)c12. The molecule has 6 aliphatic rings. The van der Waals surface area contributed by atoms with Crippen molar-refractivity contribution in [1.29, 1.82) is 0 Å². The number of phenolic OH excluding ortho intramolecular Hbond substituents is 1. The Morgan fingerprint density at radius 3 is 2.34 bits per heavy atom. The zero-order valence-corrected chi connectivity index (χ0v) is 43.4. The summed E-state index contributed by atoms with van der Waals surface area (Å²) in [5, 5.41) is 17.9. The number of terminal acetylenes is 1. The molecular weight excluding hydrogens is 971 g/mol. The maximum atomic E-state index is 17.1. The number of pyridine rings is 1. The van der Waals surface area contributed by atoms with Gasteiger partial charge in [-0.3, -0.25) is 33.9 Å². The molecule has 2 amide bonds. The van der Waals surface area contributed by atoms with Crippen LogP contribution in [0.5, 0.6) is 11.8 Å². The van der Waals surface area contributed by atoms with E-state index in [1.54, 1.807) is 17.8 Å². The lowest BCUT2D eigenvalue weighted by Crippen LogP contribution is -2.52. The second-order valence-electron chi connectivity index (χ2n) is 22.6. The first kappa shape index (κ1) is 50.1. The highest BCUT2D eigenvalue weighted by Gasteiger charge is 2.37. The molecule has 3 aromatic heterocycles. The molecule has 398 valence electrons. The number of ether oxygens (including phenoxy) is 1. The number of nitrogens with one attached hydrogen (secondary N) is 2. The molecule has 9 heterocycles. The number of nitrogens with zero attached hydrogens (tertiary/aromatic N) is 10. The Labute approximate surface area is 440 Å². The minimum absolute atomic E-state index is 0.0342. The summed E-state index contributed by atoms with van der Waals surface area (Å²) in [6, 6.07) is 11.6. The van der Waals surface area contributed by atoms with Gasteiger partial charge in [0.1, 0.15) is 41.2 Å². The van der Waals surface area contributed by atoms with E-state index in [9.17, 15) is 19.5 Å². The van der Waals surface area contributed by atoms with Crippen molar-refractivity contribution in [1.82, 2.24) is 49.4 Å². The summed E-state index contributed by atoms with van der Waals surface area (Å²) in [5.41, 5.74) is 2.60. The molecule has 19 heteroatoms. The molecule has 3 atom stereocenters. The molecule has 3 N–H and O–H groups in total. The predicted molar refractivity (Wildman–Crippen MR) is 288 cm³/mol. The standard InChI is InChI=1S/C57H66F2N12O5/c1-4-41-44(58)9-5-36-27-40(72)29-42(49(36)41)51-50(59)52-43(30-60-51)53(70-32-37-6-7-38(33-70)61-37)64-55(63-52)76-26-25-66-19-15-57(2,16-20-66)34-68-23-21-67(22-24-68)31-35-13-17-69(18-14-35)39-8-10-45-47(28-39)65(3)56(75)71(45)46-11-12-48(73)62-54(46)74/h1,5,8-10,27-30,35,37-38,46,61,72H,6-7,11-26,31-34H2,2-3H3,(H,62,73,74). The number of aromatic nitrogens is 5. The van der Waals surface area contributed by atoms with Crippen molar-refractivity contribution >= 4 is 56.0 Å². The van der Waals surface area contributed by atoms with Crippen LogP contribution in [0.2, 0.25) is 0 Å². The number of likely N-dealkylation sites (tertiary alicyclic amines) is 1. The molecule has 0 spiro atoms. The van der Waals surface area contributed by atoms with Gasteiger partial charge < -0.3 is 34.8 Å². The lowest BCUT2D eigenvalue weighted by molar-refractivity contribution is -0.135. The second kappa shape index (κ2) is 20.3. The average Bonchev–Trinajstić information content (AvgIpc) is 3.95. The Hall–Kier alpha value is -6.72. The van der Waals surface area contributed by atoms with Crippen LogP contribution in [0.15, 0.2) is 53.5 Å². The normalized spacial score (nSPS) is 23.0. The molecule has 2 bridgehead atoms. The smallest absolute Gasteiger partial charge is 0.329 e. The number of carbonyl (C=O) groups is 2. The van der Waals surface area contributed by atoms with Crippen LogP contribution in [-0.2, 0) is 16.6 Å². The molecule has 17 nitrogen and oxygen atoms in total. The number of anilines is 2. The van der Waals surface area contributed by atoms with Gasteiger partial charge in [-0.25, -0.2) is 13.6 Å². The van der Waals surface area contributed by atoms with E-state index >= 15 is 8.78 Å². The van der Waals surface area contributed by atoms with Crippen molar-refractivity contribution in [2.24, 2.45) is 18.4 Å². The molecule has 3 unspecified atom stereocenters. The summed E-state index contributed by atoms with van der Waals surface area (Å²) in [6.07, 6.45) is 14.3. The highest BCUT2D eigenvalue weighted by molar-refractivity contribution is 6.03. The number of benzene rings is 3. The zero-order valence-electron chi connectivity index (χ0n) is 43.4. The van der Waals surface area contributed by atoms with E-state index < -0.39 is 23.6 Å². The van der Waals surface area contributed by atoms with Crippen LogP contribution in [0.4, 0.5) is 20.3 Å². The molecule has 6 saturated heterocycles. The number of amides is 2. The van der Waals surface area contributed by atoms with Crippen LogP contribution in [0.3, 0.4) is 0 Å². The lowest BCUT2D eigenvalue weighted by atomic mass is 9.79. The topological polar surface area (TPSA) is 169 Å². The molecule has 3 aromatic carbocycles. The molecule has 12 rings (SSSR count). The summed E-state index contributed by atoms with van der Waals surface area (Å²) in [6.45, 7) is 15.1. The highest BCUT2D eigenvalue weighted by atomic mass is 19.1. The molecular formula is C57H66F2N12O5. The summed E-state index contributed by atoms with van der Waals surface area (Å²) in [4.78, 5) is 64.2. The van der Waals surface area contributed by atoms with Gasteiger partial charge in [-0.1, -0.05) is 18.9 Å². The molecule has 76 heavy (non-hydrogen) atoms. The monoisotopic (exact) mass is 1040 g/mol. The quantitative estimate of drug-likeness (QED) is 0.105. The fourth-order valence-electron chi connectivity index (χ4n) is 13.2. The lowest BCUT2D eigenvalue weighted by Gasteiger charge is -2.45. The Morgan fingerprint density at radius 2 is 1.61 bits per heavy atom. The van der Waals surface area contributed by atoms with Crippen molar-refractivity contribution in [3.63, 3.8) is 0 Å². The number of imide groups is 1. The minimum atomic E-state index is -0.733. The molecule has 6 aliphatic heterocycles. The van der Waals surface area contributed by atoms with Gasteiger partial charge in [-0.2, -0.15) is 9.97 Å². The number of carbonyl (C=O) groups excluding carboxylic acids is 2. The summed E-state index contributed by atoms with van der Waals surface area (Å²) >= 11 is 0. The minimum Gasteiger partial charge on any atom is -0.508 e. The van der Waals surface area contributed by atoms with Crippen LogP contribution in [0.25, 0.3) is 44.0 Å². The van der Waals surface area contributed by atoms with Crippen molar-refractivity contribution < 1.29 is 28.2 Å². The average molecular weight is 1040 g/mol. The van der Waals surface area contributed by atoms with Gasteiger partial charge in [-0.15, -0.1) is 6.42 Å². The number of rotatable bonds is 12. The third-order valence-electron chi connectivity index (χ3n) is 17.5. The van der Waals surface area contributed by atoms with Crippen molar-refractivity contribution in [3.05, 3.63) is 76.3 Å². The Balaban J connectivity index is 0.634. The fourth-order valence-corrected chi connectivity index (χ4v) is 13.2. The number of piperidine rings is 3. The van der Waals surface area contributed by atoms with E-state index in [-0.39, 0.29) is 62.9 Å². The van der Waals surface area contributed by atoms with Crippen molar-refractivity contribution in [3.8, 4) is 35.4 Å². The summed E-state index contributed by atoms with van der Waals surface area (Å²) < 4.78 is 41.6. The second-order valence-corrected chi connectivity index (χ2v) is 22.6. The van der Waals surface area contributed by atoms with Gasteiger partial charge in [-0.05, 0) is 111 Å². The number of hydrogen-bond acceptors (Lipinski definition) is 14. The number of aryl methyl sites for hydroxylation is 1. The molecule has 0 aliphatic carbocycles. The number of hydrogen-bond donors (Lipinski definition) is 3. The molecule has 0 saturated carbocycles. The third-order valence-corrected chi connectivity index (χ3v) is 17.5. The zero-order chi connectivity index (χ0) is 52.4. The van der Waals surface area contributed by atoms with Crippen LogP contribution in [0, 0.1) is 35.3 Å². The van der Waals surface area contributed by atoms with Crippen LogP contribution in [-0.4, -0.2) is 159 Å². The first-order chi connectivity index (χ1) is 36.8. The van der Waals surface area contributed by atoms with Gasteiger partial charge in [0, 0.05) is 120 Å². The highest BCUT2D eigenvalue weighted by Crippen LogP contribution is 2.40. The van der Waals surface area contributed by atoms with Gasteiger partial charge in [0.15, 0.2) is 5.82 Å². The van der Waals surface area contributed by atoms with E-state index in [2.05, 4.69) is 70.1 Å². The number of imidazole rings is 1. The summed E-state index contributed by atoms with van der Waals surface area (Å²) in [7, 11) is 1.74.